The molecule has 0 atom stereocenters. The lowest BCUT2D eigenvalue weighted by molar-refractivity contribution is -0.0108. The number of hydrogen-bond donors (Lipinski definition) is 2. The fourth-order valence-electron chi connectivity index (χ4n) is 3.60. The number of nitrogens with one attached hydrogen (secondary N) is 1. The van der Waals surface area contributed by atoms with E-state index in [0.717, 1.165) is 43.2 Å². The lowest BCUT2D eigenvalue weighted by atomic mass is 9.75. The average Bonchev–Trinajstić information content (AvgIpc) is 2.43. The Hall–Kier alpha value is -0.570. The van der Waals surface area contributed by atoms with Gasteiger partial charge in [-0.25, -0.2) is 0 Å². The highest BCUT2D eigenvalue weighted by molar-refractivity contribution is 6.30. The van der Waals surface area contributed by atoms with Crippen molar-refractivity contribution in [2.75, 3.05) is 6.54 Å². The first-order chi connectivity index (χ1) is 10.0. The van der Waals surface area contributed by atoms with E-state index in [2.05, 4.69) is 24.4 Å². The molecule has 2 saturated carbocycles. The van der Waals surface area contributed by atoms with E-state index in [1.807, 2.05) is 12.1 Å². The predicted octanol–water partition coefficient (Wildman–Crippen LogP) is 4.12. The molecule has 0 heterocycles. The standard InChI is InChI=1S/C18H26ClNO/c1-13-6-8-18(21,9-7-13)12-20-17-10-15(11-17)14-2-4-16(19)5-3-14/h2-5,13,15,17,20-21H,6-12H2,1H3. The maximum Gasteiger partial charge on any atom is 0.0771 e. The molecule has 1 aromatic rings. The van der Waals surface area contributed by atoms with Crippen molar-refractivity contribution in [3.63, 3.8) is 0 Å². The third-order valence-corrected chi connectivity index (χ3v) is 5.66. The van der Waals surface area contributed by atoms with E-state index in [1.165, 1.54) is 18.4 Å². The number of halogens is 1. The van der Waals surface area contributed by atoms with Gasteiger partial charge in [-0.15, -0.1) is 0 Å². The smallest absolute Gasteiger partial charge is 0.0771 e. The topological polar surface area (TPSA) is 32.3 Å². The summed E-state index contributed by atoms with van der Waals surface area (Å²) >= 11 is 5.93. The molecular weight excluding hydrogens is 282 g/mol. The van der Waals surface area contributed by atoms with Crippen LogP contribution in [-0.2, 0) is 0 Å². The molecule has 0 amide bonds. The minimum atomic E-state index is -0.460. The Morgan fingerprint density at radius 3 is 2.43 bits per heavy atom. The van der Waals surface area contributed by atoms with Crippen molar-refractivity contribution in [3.05, 3.63) is 34.9 Å². The molecule has 2 N–H and O–H groups in total. The van der Waals surface area contributed by atoms with Crippen molar-refractivity contribution >= 4 is 11.6 Å². The van der Waals surface area contributed by atoms with Crippen LogP contribution in [0, 0.1) is 5.92 Å². The fourth-order valence-corrected chi connectivity index (χ4v) is 3.73. The zero-order chi connectivity index (χ0) is 14.9. The minimum absolute atomic E-state index is 0.460. The Kier molecular flexibility index (Phi) is 4.58. The van der Waals surface area contributed by atoms with E-state index in [0.29, 0.717) is 12.0 Å². The molecule has 0 bridgehead atoms. The van der Waals surface area contributed by atoms with Gasteiger partial charge in [0, 0.05) is 17.6 Å². The van der Waals surface area contributed by atoms with Gasteiger partial charge >= 0.3 is 0 Å². The second kappa shape index (κ2) is 6.28. The van der Waals surface area contributed by atoms with Crippen molar-refractivity contribution in [2.24, 2.45) is 5.92 Å². The molecule has 0 aliphatic heterocycles. The Morgan fingerprint density at radius 1 is 1.19 bits per heavy atom. The molecule has 2 nitrogen and oxygen atoms in total. The van der Waals surface area contributed by atoms with Crippen molar-refractivity contribution in [1.29, 1.82) is 0 Å². The summed E-state index contributed by atoms with van der Waals surface area (Å²) in [6.07, 6.45) is 6.58. The Morgan fingerprint density at radius 2 is 1.81 bits per heavy atom. The predicted molar refractivity (Wildman–Crippen MR) is 87.8 cm³/mol. The third-order valence-electron chi connectivity index (χ3n) is 5.40. The summed E-state index contributed by atoms with van der Waals surface area (Å²) in [5.41, 5.74) is 0.931. The van der Waals surface area contributed by atoms with Crippen molar-refractivity contribution in [1.82, 2.24) is 5.32 Å². The SMILES string of the molecule is CC1CCC(O)(CNC2CC(c3ccc(Cl)cc3)C2)CC1. The van der Waals surface area contributed by atoms with Gasteiger partial charge < -0.3 is 10.4 Å². The normalized spacial score (nSPS) is 36.2. The van der Waals surface area contributed by atoms with Gasteiger partial charge in [0.2, 0.25) is 0 Å². The maximum absolute atomic E-state index is 10.6. The molecule has 2 aliphatic carbocycles. The molecule has 0 saturated heterocycles. The summed E-state index contributed by atoms with van der Waals surface area (Å²) in [6, 6.07) is 8.79. The van der Waals surface area contributed by atoms with Crippen LogP contribution in [0.4, 0.5) is 0 Å². The molecule has 3 heteroatoms. The summed E-state index contributed by atoms with van der Waals surface area (Å²) in [5.74, 6) is 1.43. The summed E-state index contributed by atoms with van der Waals surface area (Å²) in [6.45, 7) is 3.05. The molecule has 0 aromatic heterocycles. The summed E-state index contributed by atoms with van der Waals surface area (Å²) in [4.78, 5) is 0. The van der Waals surface area contributed by atoms with Crippen LogP contribution >= 0.6 is 11.6 Å². The molecule has 1 aromatic carbocycles. The van der Waals surface area contributed by atoms with Gasteiger partial charge in [-0.2, -0.15) is 0 Å². The monoisotopic (exact) mass is 307 g/mol. The third kappa shape index (κ3) is 3.80. The number of rotatable bonds is 4. The van der Waals surface area contributed by atoms with Crippen molar-refractivity contribution in [3.8, 4) is 0 Å². The zero-order valence-electron chi connectivity index (χ0n) is 12.8. The number of hydrogen-bond acceptors (Lipinski definition) is 2. The highest BCUT2D eigenvalue weighted by Gasteiger charge is 2.35. The van der Waals surface area contributed by atoms with Crippen molar-refractivity contribution in [2.45, 2.75) is 63.0 Å². The second-order valence-corrected chi connectivity index (χ2v) is 7.64. The van der Waals surface area contributed by atoms with Crippen molar-refractivity contribution < 1.29 is 5.11 Å². The van der Waals surface area contributed by atoms with Gasteiger partial charge in [-0.1, -0.05) is 30.7 Å². The first kappa shape index (κ1) is 15.3. The lowest BCUT2D eigenvalue weighted by Crippen LogP contribution is -2.49. The van der Waals surface area contributed by atoms with Crippen LogP contribution in [0.1, 0.15) is 56.9 Å². The molecule has 3 rings (SSSR count). The van der Waals surface area contributed by atoms with Crippen LogP contribution in [0.5, 0.6) is 0 Å². The average molecular weight is 308 g/mol. The first-order valence-corrected chi connectivity index (χ1v) is 8.63. The van der Waals surface area contributed by atoms with Gasteiger partial charge in [-0.3, -0.25) is 0 Å². The van der Waals surface area contributed by atoms with Gasteiger partial charge in [0.1, 0.15) is 0 Å². The van der Waals surface area contributed by atoms with Gasteiger partial charge in [0.05, 0.1) is 5.60 Å². The second-order valence-electron chi connectivity index (χ2n) is 7.20. The van der Waals surface area contributed by atoms with Crippen LogP contribution in [0.25, 0.3) is 0 Å². The number of benzene rings is 1. The van der Waals surface area contributed by atoms with Gasteiger partial charge in [-0.05, 0) is 68.1 Å². The maximum atomic E-state index is 10.6. The van der Waals surface area contributed by atoms with Crippen LogP contribution in [0.2, 0.25) is 5.02 Å². The van der Waals surface area contributed by atoms with Crippen LogP contribution in [-0.4, -0.2) is 23.3 Å². The molecule has 116 valence electrons. The molecule has 2 fully saturated rings. The Bertz CT molecular complexity index is 459. The molecular formula is C18H26ClNO. The lowest BCUT2D eigenvalue weighted by Gasteiger charge is -2.41. The Labute approximate surface area is 132 Å². The highest BCUT2D eigenvalue weighted by atomic mass is 35.5. The van der Waals surface area contributed by atoms with Crippen LogP contribution < -0.4 is 5.32 Å². The van der Waals surface area contributed by atoms with E-state index in [-0.39, 0.29) is 0 Å². The van der Waals surface area contributed by atoms with Crippen LogP contribution in [0.15, 0.2) is 24.3 Å². The molecule has 0 spiro atoms. The molecule has 21 heavy (non-hydrogen) atoms. The van der Waals surface area contributed by atoms with Gasteiger partial charge in [0.25, 0.3) is 0 Å². The highest BCUT2D eigenvalue weighted by Crippen LogP contribution is 2.38. The summed E-state index contributed by atoms with van der Waals surface area (Å²) in [5, 5.41) is 15.0. The zero-order valence-corrected chi connectivity index (χ0v) is 13.6. The van der Waals surface area contributed by atoms with E-state index in [1.54, 1.807) is 0 Å². The van der Waals surface area contributed by atoms with E-state index in [4.69, 9.17) is 11.6 Å². The molecule has 2 aliphatic rings. The summed E-state index contributed by atoms with van der Waals surface area (Å²) < 4.78 is 0. The quantitative estimate of drug-likeness (QED) is 0.877. The minimum Gasteiger partial charge on any atom is -0.389 e. The van der Waals surface area contributed by atoms with E-state index < -0.39 is 5.60 Å². The first-order valence-electron chi connectivity index (χ1n) is 8.25. The van der Waals surface area contributed by atoms with Crippen LogP contribution in [0.3, 0.4) is 0 Å². The number of aliphatic hydroxyl groups is 1. The fraction of sp³-hybridized carbons (Fsp3) is 0.667. The van der Waals surface area contributed by atoms with Gasteiger partial charge in [0.15, 0.2) is 0 Å². The van der Waals surface area contributed by atoms with E-state index >= 15 is 0 Å². The van der Waals surface area contributed by atoms with E-state index in [9.17, 15) is 5.11 Å². The molecule has 0 unspecified atom stereocenters. The summed E-state index contributed by atoms with van der Waals surface area (Å²) in [7, 11) is 0. The largest absolute Gasteiger partial charge is 0.389 e. The molecule has 0 radical (unpaired) electrons. The Balaban J connectivity index is 1.42.